The highest BCUT2D eigenvalue weighted by molar-refractivity contribution is 6.28. The highest BCUT2D eigenvalue weighted by atomic mass is 14.8. The lowest BCUT2D eigenvalue weighted by Gasteiger charge is -2.20. The molecule has 1 aliphatic rings. The van der Waals surface area contributed by atoms with Gasteiger partial charge in [-0.1, -0.05) is 133 Å². The summed E-state index contributed by atoms with van der Waals surface area (Å²) in [7, 11) is 0. The van der Waals surface area contributed by atoms with Crippen molar-refractivity contribution in [2.75, 3.05) is 5.73 Å². The highest BCUT2D eigenvalue weighted by Crippen LogP contribution is 2.58. The van der Waals surface area contributed by atoms with E-state index >= 15 is 0 Å². The van der Waals surface area contributed by atoms with Crippen LogP contribution in [0.2, 0.25) is 0 Å². The van der Waals surface area contributed by atoms with Crippen molar-refractivity contribution in [1.29, 1.82) is 0 Å². The molecule has 206 valence electrons. The van der Waals surface area contributed by atoms with E-state index in [9.17, 15) is 0 Å². The SMILES string of the molecule is Cc1cccc2cc(N)c(-c3ccc4c5c(cccc35)-c3c-4c(-c4ccccc4)c4ccccc4c3-c3ccccc3)nc12. The largest absolute Gasteiger partial charge is 0.397 e. The Labute approximate surface area is 256 Å². The highest BCUT2D eigenvalue weighted by Gasteiger charge is 2.31. The summed E-state index contributed by atoms with van der Waals surface area (Å²) in [4.78, 5) is 5.17. The molecule has 2 nitrogen and oxygen atoms in total. The summed E-state index contributed by atoms with van der Waals surface area (Å²) in [5.41, 5.74) is 21.6. The summed E-state index contributed by atoms with van der Waals surface area (Å²) in [6.45, 7) is 2.11. The van der Waals surface area contributed by atoms with Gasteiger partial charge in [-0.05, 0) is 84.6 Å². The number of nitrogen functional groups attached to an aromatic ring is 1. The first-order valence-corrected chi connectivity index (χ1v) is 15.1. The van der Waals surface area contributed by atoms with Crippen molar-refractivity contribution < 1.29 is 0 Å². The molecule has 1 aromatic heterocycles. The summed E-state index contributed by atoms with van der Waals surface area (Å²) in [5, 5.41) is 6.02. The number of fused-ring (bicyclic) bond motifs is 5. The lowest BCUT2D eigenvalue weighted by Crippen LogP contribution is -1.96. The maximum Gasteiger partial charge on any atom is 0.0945 e. The average molecular weight is 561 g/mol. The van der Waals surface area contributed by atoms with E-state index in [1.807, 2.05) is 0 Å². The minimum Gasteiger partial charge on any atom is -0.397 e. The van der Waals surface area contributed by atoms with Gasteiger partial charge in [0.1, 0.15) is 0 Å². The van der Waals surface area contributed by atoms with Crippen LogP contribution in [0.1, 0.15) is 5.56 Å². The summed E-state index contributed by atoms with van der Waals surface area (Å²) >= 11 is 0. The van der Waals surface area contributed by atoms with Gasteiger partial charge in [-0.3, -0.25) is 0 Å². The topological polar surface area (TPSA) is 38.9 Å². The molecule has 0 amide bonds. The smallest absolute Gasteiger partial charge is 0.0945 e. The van der Waals surface area contributed by atoms with Crippen molar-refractivity contribution in [3.05, 3.63) is 145 Å². The van der Waals surface area contributed by atoms with Gasteiger partial charge < -0.3 is 5.73 Å². The molecule has 0 saturated heterocycles. The molecule has 7 aromatic carbocycles. The molecular weight excluding hydrogens is 532 g/mol. The third-order valence-electron chi connectivity index (χ3n) is 9.25. The molecule has 0 radical (unpaired) electrons. The van der Waals surface area contributed by atoms with E-state index in [2.05, 4.69) is 146 Å². The van der Waals surface area contributed by atoms with E-state index in [4.69, 9.17) is 10.7 Å². The fraction of sp³-hybridized carbons (Fsp3) is 0.0238. The van der Waals surface area contributed by atoms with Gasteiger partial charge in [0.15, 0.2) is 0 Å². The zero-order valence-electron chi connectivity index (χ0n) is 24.3. The van der Waals surface area contributed by atoms with Gasteiger partial charge in [0.05, 0.1) is 16.9 Å². The Morgan fingerprint density at radius 3 is 1.68 bits per heavy atom. The van der Waals surface area contributed by atoms with Crippen molar-refractivity contribution in [2.24, 2.45) is 0 Å². The molecule has 8 aromatic rings. The summed E-state index contributed by atoms with van der Waals surface area (Å²) in [6, 6.07) is 50.1. The molecule has 2 N–H and O–H groups in total. The van der Waals surface area contributed by atoms with E-state index in [1.165, 1.54) is 66.1 Å². The van der Waals surface area contributed by atoms with Crippen LogP contribution in [0.5, 0.6) is 0 Å². The number of anilines is 1. The van der Waals surface area contributed by atoms with Crippen molar-refractivity contribution >= 4 is 38.1 Å². The van der Waals surface area contributed by atoms with E-state index in [0.717, 1.165) is 27.7 Å². The van der Waals surface area contributed by atoms with Crippen molar-refractivity contribution in [2.45, 2.75) is 6.92 Å². The zero-order chi connectivity index (χ0) is 29.4. The normalized spacial score (nSPS) is 11.8. The molecule has 9 rings (SSSR count). The van der Waals surface area contributed by atoms with Crippen LogP contribution in [-0.4, -0.2) is 4.98 Å². The van der Waals surface area contributed by atoms with Gasteiger partial charge in [0.2, 0.25) is 0 Å². The Morgan fingerprint density at radius 2 is 1.02 bits per heavy atom. The first-order chi connectivity index (χ1) is 21.7. The lowest BCUT2D eigenvalue weighted by atomic mass is 9.82. The quantitative estimate of drug-likeness (QED) is 0.233. The van der Waals surface area contributed by atoms with Gasteiger partial charge in [0, 0.05) is 10.9 Å². The molecule has 1 aliphatic carbocycles. The Kier molecular flexibility index (Phi) is 5.30. The van der Waals surface area contributed by atoms with Crippen molar-refractivity contribution in [3.8, 4) is 55.8 Å². The number of benzene rings is 7. The Morgan fingerprint density at radius 1 is 0.477 bits per heavy atom. The van der Waals surface area contributed by atoms with Gasteiger partial charge in [-0.15, -0.1) is 0 Å². The van der Waals surface area contributed by atoms with Crippen LogP contribution in [0, 0.1) is 6.92 Å². The monoisotopic (exact) mass is 560 g/mol. The Bertz CT molecular complexity index is 2350. The summed E-state index contributed by atoms with van der Waals surface area (Å²) < 4.78 is 0. The van der Waals surface area contributed by atoms with Crippen LogP contribution in [-0.2, 0) is 0 Å². The molecule has 0 atom stereocenters. The summed E-state index contributed by atoms with van der Waals surface area (Å²) in [5.74, 6) is 0. The van der Waals surface area contributed by atoms with Crippen LogP contribution in [0.4, 0.5) is 5.69 Å². The molecule has 0 aliphatic heterocycles. The van der Waals surface area contributed by atoms with E-state index in [1.54, 1.807) is 0 Å². The third kappa shape index (κ3) is 3.46. The minimum atomic E-state index is 0.694. The third-order valence-corrected chi connectivity index (χ3v) is 9.25. The van der Waals surface area contributed by atoms with Crippen LogP contribution in [0.15, 0.2) is 140 Å². The number of rotatable bonds is 3. The molecule has 1 heterocycles. The number of aryl methyl sites for hydroxylation is 1. The van der Waals surface area contributed by atoms with E-state index < -0.39 is 0 Å². The fourth-order valence-electron chi connectivity index (χ4n) is 7.40. The number of nitrogens with two attached hydrogens (primary N) is 1. The van der Waals surface area contributed by atoms with Gasteiger partial charge in [-0.25, -0.2) is 4.98 Å². The Balaban J connectivity index is 1.44. The first-order valence-electron chi connectivity index (χ1n) is 15.1. The number of nitrogens with zero attached hydrogens (tertiary/aromatic N) is 1. The predicted octanol–water partition coefficient (Wildman–Crippen LogP) is 11.1. The Hall–Kier alpha value is -5.73. The second kappa shape index (κ2) is 9.39. The molecular formula is C42H28N2. The van der Waals surface area contributed by atoms with Gasteiger partial charge in [0.25, 0.3) is 0 Å². The second-order valence-corrected chi connectivity index (χ2v) is 11.7. The molecule has 2 heteroatoms. The molecule has 0 bridgehead atoms. The van der Waals surface area contributed by atoms with Gasteiger partial charge >= 0.3 is 0 Å². The number of para-hydroxylation sites is 1. The standard InChI is InChI=1S/C42H28N2/c1-25-12-10-17-28-24-35(43)42(44-41(25)28)32-22-23-34-38-31(32)20-11-21-33(38)39-36(26-13-4-2-5-14-26)29-18-8-9-19-30(29)37(40(34)39)27-15-6-3-7-16-27/h2-24H,43H2,1H3. The minimum absolute atomic E-state index is 0.694. The average Bonchev–Trinajstić information content (AvgIpc) is 3.39. The van der Waals surface area contributed by atoms with Crippen LogP contribution in [0.3, 0.4) is 0 Å². The summed E-state index contributed by atoms with van der Waals surface area (Å²) in [6.07, 6.45) is 0. The maximum atomic E-state index is 6.74. The lowest BCUT2D eigenvalue weighted by molar-refractivity contribution is 1.37. The van der Waals surface area contributed by atoms with Crippen LogP contribution >= 0.6 is 0 Å². The number of hydrogen-bond donors (Lipinski definition) is 1. The molecule has 0 unspecified atom stereocenters. The zero-order valence-corrected chi connectivity index (χ0v) is 24.3. The number of pyridine rings is 1. The molecule has 0 spiro atoms. The second-order valence-electron chi connectivity index (χ2n) is 11.7. The maximum absolute atomic E-state index is 6.74. The van der Waals surface area contributed by atoms with Crippen LogP contribution in [0.25, 0.3) is 88.2 Å². The molecule has 0 saturated carbocycles. The molecule has 0 fully saturated rings. The van der Waals surface area contributed by atoms with Crippen LogP contribution < -0.4 is 5.73 Å². The van der Waals surface area contributed by atoms with Crippen molar-refractivity contribution in [3.63, 3.8) is 0 Å². The van der Waals surface area contributed by atoms with E-state index in [-0.39, 0.29) is 0 Å². The first kappa shape index (κ1) is 24.8. The number of aromatic nitrogens is 1. The molecule has 44 heavy (non-hydrogen) atoms. The predicted molar refractivity (Wildman–Crippen MR) is 187 cm³/mol. The number of hydrogen-bond acceptors (Lipinski definition) is 2. The van der Waals surface area contributed by atoms with Gasteiger partial charge in [-0.2, -0.15) is 0 Å². The van der Waals surface area contributed by atoms with E-state index in [0.29, 0.717) is 5.69 Å². The fourth-order valence-corrected chi connectivity index (χ4v) is 7.40. The van der Waals surface area contributed by atoms with Crippen molar-refractivity contribution in [1.82, 2.24) is 4.98 Å².